The number of urea groups is 1. The number of para-hydroxylation sites is 1. The van der Waals surface area contributed by atoms with Gasteiger partial charge in [0.1, 0.15) is 0 Å². The predicted octanol–water partition coefficient (Wildman–Crippen LogP) is 3.60. The van der Waals surface area contributed by atoms with Gasteiger partial charge in [-0.15, -0.1) is 0 Å². The molecule has 30 heavy (non-hydrogen) atoms. The molecule has 0 N–H and O–H groups in total. The van der Waals surface area contributed by atoms with Crippen molar-refractivity contribution in [1.82, 2.24) is 19.9 Å². The molecule has 0 spiro atoms. The number of piperidine rings is 1. The standard InChI is InChI=1S/C23H30N4O3/c28-21-16-18-6-5-13-26(18)23(29)27(21)12-4-3-11-25-14-9-17(10-15-25)22-19-7-1-2-8-20(19)30-24-22/h1-2,7-8,17-18H,3-6,9-16H2. The summed E-state index contributed by atoms with van der Waals surface area (Å²) in [6.45, 7) is 4.51. The first-order valence-electron chi connectivity index (χ1n) is 11.4. The number of carbonyl (C=O) groups is 2. The second-order valence-corrected chi connectivity index (χ2v) is 8.91. The highest BCUT2D eigenvalue weighted by Crippen LogP contribution is 2.32. The van der Waals surface area contributed by atoms with Crippen molar-refractivity contribution >= 4 is 22.9 Å². The lowest BCUT2D eigenvalue weighted by Gasteiger charge is -2.36. The van der Waals surface area contributed by atoms with E-state index in [1.165, 1.54) is 4.90 Å². The van der Waals surface area contributed by atoms with Crippen LogP contribution in [0.3, 0.4) is 0 Å². The summed E-state index contributed by atoms with van der Waals surface area (Å²) < 4.78 is 5.48. The monoisotopic (exact) mass is 410 g/mol. The smallest absolute Gasteiger partial charge is 0.326 e. The average Bonchev–Trinajstić information content (AvgIpc) is 3.40. The Morgan fingerprint density at radius 2 is 1.80 bits per heavy atom. The normalized spacial score (nSPS) is 23.5. The van der Waals surface area contributed by atoms with Crippen LogP contribution in [0.25, 0.3) is 11.0 Å². The van der Waals surface area contributed by atoms with Crippen LogP contribution in [0.4, 0.5) is 4.79 Å². The topological polar surface area (TPSA) is 69.9 Å². The van der Waals surface area contributed by atoms with Gasteiger partial charge in [0, 0.05) is 36.9 Å². The first kappa shape index (κ1) is 19.5. The zero-order valence-corrected chi connectivity index (χ0v) is 17.5. The van der Waals surface area contributed by atoms with Crippen molar-refractivity contribution in [1.29, 1.82) is 0 Å². The van der Waals surface area contributed by atoms with E-state index in [9.17, 15) is 9.59 Å². The maximum atomic E-state index is 12.6. The van der Waals surface area contributed by atoms with Crippen LogP contribution in [-0.4, -0.2) is 70.6 Å². The molecule has 4 heterocycles. The minimum Gasteiger partial charge on any atom is -0.356 e. The molecule has 7 heteroatoms. The minimum atomic E-state index is -0.0607. The number of rotatable bonds is 6. The molecule has 5 rings (SSSR count). The predicted molar refractivity (Wildman–Crippen MR) is 113 cm³/mol. The summed E-state index contributed by atoms with van der Waals surface area (Å²) in [5.74, 6) is 0.478. The van der Waals surface area contributed by atoms with Crippen LogP contribution in [-0.2, 0) is 4.79 Å². The highest BCUT2D eigenvalue weighted by atomic mass is 16.5. The van der Waals surface area contributed by atoms with E-state index in [1.807, 2.05) is 23.1 Å². The maximum absolute atomic E-state index is 12.6. The van der Waals surface area contributed by atoms with E-state index in [0.29, 0.717) is 18.9 Å². The molecule has 1 aromatic heterocycles. The van der Waals surface area contributed by atoms with Gasteiger partial charge >= 0.3 is 6.03 Å². The molecule has 1 atom stereocenters. The van der Waals surface area contributed by atoms with Crippen molar-refractivity contribution in [2.75, 3.05) is 32.7 Å². The Kier molecular flexibility index (Phi) is 5.46. The van der Waals surface area contributed by atoms with Gasteiger partial charge in [0.15, 0.2) is 5.58 Å². The number of fused-ring (bicyclic) bond motifs is 2. The molecule has 1 unspecified atom stereocenters. The largest absolute Gasteiger partial charge is 0.356 e. The zero-order valence-electron chi connectivity index (χ0n) is 17.5. The third-order valence-electron chi connectivity index (χ3n) is 7.05. The molecule has 160 valence electrons. The molecule has 7 nitrogen and oxygen atoms in total. The number of hydrogen-bond acceptors (Lipinski definition) is 5. The van der Waals surface area contributed by atoms with Gasteiger partial charge in [0.05, 0.1) is 5.69 Å². The molecule has 3 aliphatic heterocycles. The van der Waals surface area contributed by atoms with Gasteiger partial charge in [-0.05, 0) is 70.3 Å². The minimum absolute atomic E-state index is 0.0174. The van der Waals surface area contributed by atoms with Crippen molar-refractivity contribution < 1.29 is 14.1 Å². The van der Waals surface area contributed by atoms with E-state index in [-0.39, 0.29) is 18.0 Å². The number of amides is 3. The van der Waals surface area contributed by atoms with Crippen LogP contribution in [0.1, 0.15) is 56.6 Å². The molecule has 3 saturated heterocycles. The third-order valence-corrected chi connectivity index (χ3v) is 7.05. The van der Waals surface area contributed by atoms with Gasteiger partial charge in [-0.3, -0.25) is 9.69 Å². The summed E-state index contributed by atoms with van der Waals surface area (Å²) in [6.07, 6.45) is 6.59. The fourth-order valence-corrected chi connectivity index (χ4v) is 5.33. The fourth-order valence-electron chi connectivity index (χ4n) is 5.33. The van der Waals surface area contributed by atoms with Gasteiger partial charge in [-0.2, -0.15) is 0 Å². The molecule has 1 aromatic carbocycles. The van der Waals surface area contributed by atoms with Crippen LogP contribution < -0.4 is 0 Å². The lowest BCUT2D eigenvalue weighted by molar-refractivity contribution is -0.132. The molecule has 3 aliphatic rings. The van der Waals surface area contributed by atoms with Crippen molar-refractivity contribution in [3.63, 3.8) is 0 Å². The summed E-state index contributed by atoms with van der Waals surface area (Å²) in [5.41, 5.74) is 1.98. The van der Waals surface area contributed by atoms with Crippen LogP contribution in [0.5, 0.6) is 0 Å². The molecular formula is C23H30N4O3. The summed E-state index contributed by atoms with van der Waals surface area (Å²) >= 11 is 0. The summed E-state index contributed by atoms with van der Waals surface area (Å²) in [5, 5.41) is 5.49. The van der Waals surface area contributed by atoms with Crippen molar-refractivity contribution in [2.45, 2.75) is 56.9 Å². The molecular weight excluding hydrogens is 380 g/mol. The van der Waals surface area contributed by atoms with E-state index in [4.69, 9.17) is 4.52 Å². The molecule has 2 aromatic rings. The summed E-state index contributed by atoms with van der Waals surface area (Å²) in [7, 11) is 0. The summed E-state index contributed by atoms with van der Waals surface area (Å²) in [6, 6.07) is 8.19. The zero-order chi connectivity index (χ0) is 20.5. The first-order chi connectivity index (χ1) is 14.7. The van der Waals surface area contributed by atoms with Gasteiger partial charge in [-0.25, -0.2) is 4.79 Å². The molecule has 3 fully saturated rings. The lowest BCUT2D eigenvalue weighted by Crippen LogP contribution is -2.54. The molecule has 0 saturated carbocycles. The van der Waals surface area contributed by atoms with Crippen molar-refractivity contribution in [2.24, 2.45) is 0 Å². The number of nitrogens with zero attached hydrogens (tertiary/aromatic N) is 4. The second kappa shape index (κ2) is 8.38. The molecule has 3 amide bonds. The third kappa shape index (κ3) is 3.71. The highest BCUT2D eigenvalue weighted by molar-refractivity contribution is 5.97. The number of hydrogen-bond donors (Lipinski definition) is 0. The van der Waals surface area contributed by atoms with E-state index in [2.05, 4.69) is 16.1 Å². The second-order valence-electron chi connectivity index (χ2n) is 8.91. The number of likely N-dealkylation sites (tertiary alicyclic amines) is 1. The number of aromatic nitrogens is 1. The fraction of sp³-hybridized carbons (Fsp3) is 0.609. The lowest BCUT2D eigenvalue weighted by atomic mass is 9.91. The Labute approximate surface area is 177 Å². The Morgan fingerprint density at radius 1 is 1.00 bits per heavy atom. The van der Waals surface area contributed by atoms with Gasteiger partial charge < -0.3 is 14.3 Å². The quantitative estimate of drug-likeness (QED) is 0.681. The van der Waals surface area contributed by atoms with Crippen LogP contribution >= 0.6 is 0 Å². The summed E-state index contributed by atoms with van der Waals surface area (Å²) in [4.78, 5) is 30.8. The number of carbonyl (C=O) groups excluding carboxylic acids is 2. The van der Waals surface area contributed by atoms with E-state index < -0.39 is 0 Å². The molecule has 0 radical (unpaired) electrons. The van der Waals surface area contributed by atoms with Crippen LogP contribution in [0.2, 0.25) is 0 Å². The molecule has 0 aliphatic carbocycles. The number of benzene rings is 1. The van der Waals surface area contributed by atoms with Crippen molar-refractivity contribution in [3.05, 3.63) is 30.0 Å². The van der Waals surface area contributed by atoms with Crippen LogP contribution in [0.15, 0.2) is 28.8 Å². The maximum Gasteiger partial charge on any atom is 0.326 e. The Balaban J connectivity index is 1.06. The SMILES string of the molecule is O=C1CC2CCCN2C(=O)N1CCCCN1CCC(c2noc3ccccc23)CC1. The van der Waals surface area contributed by atoms with Gasteiger partial charge in [0.25, 0.3) is 0 Å². The van der Waals surface area contributed by atoms with Gasteiger partial charge in [0.2, 0.25) is 5.91 Å². The molecule has 0 bridgehead atoms. The Hall–Kier alpha value is -2.41. The first-order valence-corrected chi connectivity index (χ1v) is 11.4. The van der Waals surface area contributed by atoms with E-state index >= 15 is 0 Å². The van der Waals surface area contributed by atoms with Crippen LogP contribution in [0, 0.1) is 0 Å². The average molecular weight is 411 g/mol. The van der Waals surface area contributed by atoms with E-state index in [1.54, 1.807) is 0 Å². The van der Waals surface area contributed by atoms with Crippen molar-refractivity contribution in [3.8, 4) is 0 Å². The van der Waals surface area contributed by atoms with Gasteiger partial charge in [-0.1, -0.05) is 17.3 Å². The number of imide groups is 1. The highest BCUT2D eigenvalue weighted by Gasteiger charge is 2.40. The number of unbranched alkanes of at least 4 members (excludes halogenated alkanes) is 1. The van der Waals surface area contributed by atoms with E-state index in [0.717, 1.165) is 81.4 Å². The Bertz CT molecular complexity index is 918. The Morgan fingerprint density at radius 3 is 2.67 bits per heavy atom.